The highest BCUT2D eigenvalue weighted by Gasteiger charge is 2.18. The van der Waals surface area contributed by atoms with Gasteiger partial charge in [-0.15, -0.1) is 22.7 Å². The molecule has 4 nitrogen and oxygen atoms in total. The molecule has 0 amide bonds. The van der Waals surface area contributed by atoms with Crippen molar-refractivity contribution < 1.29 is 0 Å². The minimum absolute atomic E-state index is 0.679. The lowest BCUT2D eigenvalue weighted by Gasteiger charge is -2.14. The van der Waals surface area contributed by atoms with Crippen LogP contribution in [0.2, 0.25) is 0 Å². The molecule has 0 unspecified atom stereocenters. The molecule has 0 saturated carbocycles. The van der Waals surface area contributed by atoms with Crippen LogP contribution in [-0.2, 0) is 0 Å². The van der Waals surface area contributed by atoms with E-state index >= 15 is 0 Å². The molecule has 0 N–H and O–H groups in total. The van der Waals surface area contributed by atoms with Gasteiger partial charge in [-0.3, -0.25) is 4.98 Å². The molecule has 0 saturated heterocycles. The summed E-state index contributed by atoms with van der Waals surface area (Å²) in [7, 11) is 0. The molecule has 0 fully saturated rings. The molecular formula is C58H34N4S2. The van der Waals surface area contributed by atoms with Crippen LogP contribution < -0.4 is 0 Å². The van der Waals surface area contributed by atoms with E-state index in [9.17, 15) is 0 Å². The molecule has 8 aromatic carbocycles. The molecule has 0 aliphatic heterocycles. The summed E-state index contributed by atoms with van der Waals surface area (Å²) in [6, 6.07) is 71.4. The lowest BCUT2D eigenvalue weighted by Crippen LogP contribution is -1.97. The van der Waals surface area contributed by atoms with Gasteiger partial charge in [0.25, 0.3) is 0 Å². The maximum Gasteiger partial charge on any atom is 0.160 e. The standard InChI is InChI=1S/C58H34N4S2/c1-2-11-39(12-3-1)58-61-50(36-24-22-35(23-25-36)49-29-28-38-27-26-37-13-10-30-59-54(37)55(38)60-49)34-51(62-58)42-32-40(43-16-8-18-47-45-14-4-6-20-52(45)63-56(43)47)31-41(33-42)44-17-9-19-48-46-15-5-7-21-53(46)64-57(44)48/h1-34H. The molecule has 0 spiro atoms. The van der Waals surface area contributed by atoms with E-state index in [1.165, 1.54) is 51.5 Å². The largest absolute Gasteiger partial charge is 0.254 e. The fraction of sp³-hybridized carbons (Fsp3) is 0. The zero-order valence-corrected chi connectivity index (χ0v) is 35.9. The number of pyridine rings is 2. The first-order valence-corrected chi connectivity index (χ1v) is 23.0. The second-order valence-electron chi connectivity index (χ2n) is 16.2. The average Bonchev–Trinajstić information content (AvgIpc) is 3.95. The van der Waals surface area contributed by atoms with Gasteiger partial charge in [-0.25, -0.2) is 15.0 Å². The topological polar surface area (TPSA) is 51.6 Å². The Bertz CT molecular complexity index is 3830. The van der Waals surface area contributed by atoms with Crippen molar-refractivity contribution >= 4 is 84.8 Å². The van der Waals surface area contributed by atoms with Gasteiger partial charge in [-0.05, 0) is 70.8 Å². The number of rotatable bonds is 6. The van der Waals surface area contributed by atoms with Crippen LogP contribution in [0.25, 0.3) is 130 Å². The summed E-state index contributed by atoms with van der Waals surface area (Å²) in [4.78, 5) is 20.4. The van der Waals surface area contributed by atoms with Crippen LogP contribution in [0.5, 0.6) is 0 Å². The van der Waals surface area contributed by atoms with Crippen molar-refractivity contribution in [1.29, 1.82) is 0 Å². The number of hydrogen-bond donors (Lipinski definition) is 0. The van der Waals surface area contributed by atoms with Gasteiger partial charge in [0.2, 0.25) is 0 Å². The Kier molecular flexibility index (Phi) is 8.54. The quantitative estimate of drug-likeness (QED) is 0.156. The highest BCUT2D eigenvalue weighted by Crippen LogP contribution is 2.45. The number of hydrogen-bond acceptors (Lipinski definition) is 6. The van der Waals surface area contributed by atoms with Crippen molar-refractivity contribution in [3.05, 3.63) is 206 Å². The van der Waals surface area contributed by atoms with Crippen LogP contribution >= 0.6 is 22.7 Å². The van der Waals surface area contributed by atoms with Crippen molar-refractivity contribution in [2.75, 3.05) is 0 Å². The molecule has 298 valence electrons. The molecule has 13 aromatic rings. The summed E-state index contributed by atoms with van der Waals surface area (Å²) in [6.07, 6.45) is 1.83. The van der Waals surface area contributed by atoms with E-state index in [4.69, 9.17) is 15.0 Å². The molecule has 5 aromatic heterocycles. The van der Waals surface area contributed by atoms with Crippen LogP contribution in [-0.4, -0.2) is 19.9 Å². The maximum atomic E-state index is 5.36. The van der Waals surface area contributed by atoms with Crippen LogP contribution in [0.3, 0.4) is 0 Å². The highest BCUT2D eigenvalue weighted by atomic mass is 32.1. The number of benzene rings is 8. The van der Waals surface area contributed by atoms with Crippen molar-refractivity contribution in [2.24, 2.45) is 0 Å². The van der Waals surface area contributed by atoms with Crippen LogP contribution in [0.15, 0.2) is 206 Å². The number of fused-ring (bicyclic) bond motifs is 9. The Morgan fingerprint density at radius 3 is 1.50 bits per heavy atom. The van der Waals surface area contributed by atoms with Crippen LogP contribution in [0.1, 0.15) is 0 Å². The van der Waals surface area contributed by atoms with Crippen molar-refractivity contribution in [1.82, 2.24) is 19.9 Å². The monoisotopic (exact) mass is 850 g/mol. The first-order valence-electron chi connectivity index (χ1n) is 21.4. The Labute approximate surface area is 376 Å². The maximum absolute atomic E-state index is 5.36. The zero-order chi connectivity index (χ0) is 42.1. The molecule has 0 bridgehead atoms. The predicted molar refractivity (Wildman–Crippen MR) is 271 cm³/mol. The summed E-state index contributed by atoms with van der Waals surface area (Å²) in [5.74, 6) is 0.679. The molecule has 64 heavy (non-hydrogen) atoms. The second kappa shape index (κ2) is 14.9. The van der Waals surface area contributed by atoms with E-state index in [2.05, 4.69) is 181 Å². The summed E-state index contributed by atoms with van der Waals surface area (Å²) >= 11 is 3.72. The van der Waals surface area contributed by atoms with E-state index in [0.29, 0.717) is 5.82 Å². The van der Waals surface area contributed by atoms with E-state index in [1.54, 1.807) is 0 Å². The Morgan fingerprint density at radius 2 is 0.844 bits per heavy atom. The Balaban J connectivity index is 0.996. The van der Waals surface area contributed by atoms with Crippen molar-refractivity contribution in [2.45, 2.75) is 0 Å². The summed E-state index contributed by atoms with van der Waals surface area (Å²) in [6.45, 7) is 0. The molecule has 0 radical (unpaired) electrons. The van der Waals surface area contributed by atoms with Gasteiger partial charge in [0.05, 0.1) is 28.1 Å². The third-order valence-corrected chi connectivity index (χ3v) is 14.8. The van der Waals surface area contributed by atoms with E-state index in [-0.39, 0.29) is 0 Å². The van der Waals surface area contributed by atoms with Crippen LogP contribution in [0, 0.1) is 0 Å². The number of aromatic nitrogens is 4. The van der Waals surface area contributed by atoms with E-state index in [0.717, 1.165) is 72.3 Å². The minimum Gasteiger partial charge on any atom is -0.254 e. The summed E-state index contributed by atoms with van der Waals surface area (Å²) in [5.41, 5.74) is 13.2. The van der Waals surface area contributed by atoms with Crippen molar-refractivity contribution in [3.8, 4) is 67.4 Å². The first kappa shape index (κ1) is 36.7. The molecule has 0 aliphatic carbocycles. The van der Waals surface area contributed by atoms with Crippen molar-refractivity contribution in [3.63, 3.8) is 0 Å². The van der Waals surface area contributed by atoms with Crippen LogP contribution in [0.4, 0.5) is 0 Å². The molecule has 6 heteroatoms. The molecule has 0 aliphatic rings. The van der Waals surface area contributed by atoms with Gasteiger partial charge in [0.15, 0.2) is 5.82 Å². The lowest BCUT2D eigenvalue weighted by atomic mass is 9.93. The number of nitrogens with zero attached hydrogens (tertiary/aromatic N) is 4. The zero-order valence-electron chi connectivity index (χ0n) is 34.2. The van der Waals surface area contributed by atoms with E-state index in [1.807, 2.05) is 53.1 Å². The summed E-state index contributed by atoms with van der Waals surface area (Å²) < 4.78 is 5.14. The minimum atomic E-state index is 0.679. The number of thiophene rings is 2. The second-order valence-corrected chi connectivity index (χ2v) is 18.3. The van der Waals surface area contributed by atoms with Gasteiger partial charge in [-0.1, -0.05) is 152 Å². The fourth-order valence-electron chi connectivity index (χ4n) is 9.19. The van der Waals surface area contributed by atoms with Gasteiger partial charge >= 0.3 is 0 Å². The predicted octanol–water partition coefficient (Wildman–Crippen LogP) is 16.3. The third-order valence-electron chi connectivity index (χ3n) is 12.3. The normalized spacial score (nSPS) is 11.8. The SMILES string of the molecule is c1ccc(-c2nc(-c3ccc(-c4ccc5ccc6cccnc6c5n4)cc3)cc(-c3cc(-c4cccc5c4sc4ccccc45)cc(-c4cccc5c4sc4ccccc45)c3)n2)cc1. The highest BCUT2D eigenvalue weighted by molar-refractivity contribution is 7.26. The molecule has 13 rings (SSSR count). The smallest absolute Gasteiger partial charge is 0.160 e. The lowest BCUT2D eigenvalue weighted by molar-refractivity contribution is 1.18. The third kappa shape index (κ3) is 6.18. The van der Waals surface area contributed by atoms with Gasteiger partial charge in [-0.2, -0.15) is 0 Å². The van der Waals surface area contributed by atoms with Gasteiger partial charge < -0.3 is 0 Å². The Morgan fingerprint density at radius 1 is 0.312 bits per heavy atom. The van der Waals surface area contributed by atoms with Gasteiger partial charge in [0.1, 0.15) is 0 Å². The fourth-order valence-corrected chi connectivity index (χ4v) is 11.7. The molecule has 0 atom stereocenters. The molecule has 5 heterocycles. The first-order chi connectivity index (χ1) is 31.7. The summed E-state index contributed by atoms with van der Waals surface area (Å²) in [5, 5.41) is 7.28. The Hall–Kier alpha value is -7.90. The average molecular weight is 851 g/mol. The molecular weight excluding hydrogens is 817 g/mol. The van der Waals surface area contributed by atoms with Gasteiger partial charge in [0, 0.05) is 79.6 Å². The van der Waals surface area contributed by atoms with E-state index < -0.39 is 0 Å².